The summed E-state index contributed by atoms with van der Waals surface area (Å²) in [5, 5.41) is 6.41. The highest BCUT2D eigenvalue weighted by atomic mass is 19.1. The summed E-state index contributed by atoms with van der Waals surface area (Å²) in [6, 6.07) is 7.39. The fourth-order valence-electron chi connectivity index (χ4n) is 2.68. The summed E-state index contributed by atoms with van der Waals surface area (Å²) in [4.78, 5) is 6.29. The van der Waals surface area contributed by atoms with E-state index in [2.05, 4.69) is 20.2 Å². The van der Waals surface area contributed by atoms with Crippen molar-refractivity contribution in [2.24, 2.45) is 4.99 Å². The van der Waals surface area contributed by atoms with Crippen molar-refractivity contribution in [1.82, 2.24) is 20.1 Å². The number of guanidine groups is 1. The minimum Gasteiger partial charge on any atom is -0.357 e. The van der Waals surface area contributed by atoms with Crippen molar-refractivity contribution >= 4 is 5.96 Å². The third-order valence-corrected chi connectivity index (χ3v) is 4.05. The molecule has 2 aromatic rings. The van der Waals surface area contributed by atoms with Gasteiger partial charge in [-0.05, 0) is 45.3 Å². The number of halogens is 2. The highest BCUT2D eigenvalue weighted by Gasteiger charge is 2.22. The van der Waals surface area contributed by atoms with Crippen LogP contribution in [0.25, 0.3) is 0 Å². The van der Waals surface area contributed by atoms with Gasteiger partial charge in [-0.15, -0.1) is 0 Å². The van der Waals surface area contributed by atoms with Crippen LogP contribution < -0.4 is 10.6 Å². The molecule has 0 amide bonds. The van der Waals surface area contributed by atoms with E-state index in [1.165, 1.54) is 18.2 Å². The predicted molar refractivity (Wildman–Crippen MR) is 101 cm³/mol. The van der Waals surface area contributed by atoms with Crippen molar-refractivity contribution in [3.05, 3.63) is 59.9 Å². The molecule has 0 bridgehead atoms. The first-order valence-electron chi connectivity index (χ1n) is 8.76. The van der Waals surface area contributed by atoms with Gasteiger partial charge in [0.2, 0.25) is 0 Å². The molecule has 1 aromatic carbocycles. The van der Waals surface area contributed by atoms with E-state index in [-0.39, 0.29) is 12.1 Å². The van der Waals surface area contributed by atoms with E-state index in [1.807, 2.05) is 31.5 Å². The fraction of sp³-hybridized carbons (Fsp3) is 0.421. The normalized spacial score (nSPS) is 13.1. The third-order valence-electron chi connectivity index (χ3n) is 4.05. The molecular weight excluding hydrogens is 336 g/mol. The predicted octanol–water partition coefficient (Wildman–Crippen LogP) is 2.62. The number of aromatic nitrogens is 1. The number of rotatable bonds is 8. The highest BCUT2D eigenvalue weighted by Crippen LogP contribution is 2.24. The van der Waals surface area contributed by atoms with E-state index >= 15 is 0 Å². The molecule has 7 heteroatoms. The molecule has 0 fully saturated rings. The van der Waals surface area contributed by atoms with Gasteiger partial charge in [-0.2, -0.15) is 0 Å². The molecule has 1 atom stereocenters. The summed E-state index contributed by atoms with van der Waals surface area (Å²) in [5.74, 6) is -0.475. The zero-order chi connectivity index (χ0) is 18.9. The Morgan fingerprint density at radius 2 is 1.77 bits per heavy atom. The number of hydrogen-bond donors (Lipinski definition) is 2. The molecule has 1 heterocycles. The van der Waals surface area contributed by atoms with Gasteiger partial charge >= 0.3 is 0 Å². The average molecular weight is 363 g/mol. The van der Waals surface area contributed by atoms with E-state index in [1.54, 1.807) is 19.0 Å². The maximum atomic E-state index is 14.1. The topological polar surface area (TPSA) is 44.6 Å². The van der Waals surface area contributed by atoms with Gasteiger partial charge in [-0.25, -0.2) is 8.78 Å². The van der Waals surface area contributed by atoms with Gasteiger partial charge < -0.3 is 20.1 Å². The van der Waals surface area contributed by atoms with E-state index in [4.69, 9.17) is 0 Å². The molecule has 5 nitrogen and oxygen atoms in total. The fourth-order valence-corrected chi connectivity index (χ4v) is 2.68. The van der Waals surface area contributed by atoms with Crippen molar-refractivity contribution in [3.8, 4) is 0 Å². The van der Waals surface area contributed by atoms with E-state index < -0.39 is 17.7 Å². The quantitative estimate of drug-likeness (QED) is 0.560. The summed E-state index contributed by atoms with van der Waals surface area (Å²) in [7, 11) is 3.58. The number of nitrogens with one attached hydrogen (secondary N) is 2. The smallest absolute Gasteiger partial charge is 0.191 e. The largest absolute Gasteiger partial charge is 0.357 e. The van der Waals surface area contributed by atoms with Gasteiger partial charge in [-0.1, -0.05) is 6.07 Å². The monoisotopic (exact) mass is 363 g/mol. The van der Waals surface area contributed by atoms with E-state index in [0.717, 1.165) is 6.54 Å². The lowest BCUT2D eigenvalue weighted by molar-refractivity contribution is 0.290. The summed E-state index contributed by atoms with van der Waals surface area (Å²) in [5.41, 5.74) is 0.0458. The first-order valence-corrected chi connectivity index (χ1v) is 8.76. The van der Waals surface area contributed by atoms with Gasteiger partial charge in [0, 0.05) is 37.6 Å². The summed E-state index contributed by atoms with van der Waals surface area (Å²) < 4.78 is 30.4. The Bertz CT molecular complexity index is 678. The molecule has 0 aliphatic carbocycles. The Labute approximate surface area is 153 Å². The SMILES string of the molecule is CCNC(=NCC(c1c(F)cccc1F)N(C)C)NCCn1cccc1. The zero-order valence-electron chi connectivity index (χ0n) is 15.5. The van der Waals surface area contributed by atoms with Crippen LogP contribution in [0, 0.1) is 11.6 Å². The first kappa shape index (κ1) is 19.9. The lowest BCUT2D eigenvalue weighted by atomic mass is 10.0. The average Bonchev–Trinajstić information content (AvgIpc) is 3.10. The van der Waals surface area contributed by atoms with Crippen LogP contribution in [-0.4, -0.2) is 49.2 Å². The van der Waals surface area contributed by atoms with Gasteiger partial charge in [0.15, 0.2) is 5.96 Å². The molecule has 0 saturated carbocycles. The van der Waals surface area contributed by atoms with E-state index in [9.17, 15) is 8.78 Å². The van der Waals surface area contributed by atoms with E-state index in [0.29, 0.717) is 19.0 Å². The van der Waals surface area contributed by atoms with Crippen molar-refractivity contribution in [1.29, 1.82) is 0 Å². The lowest BCUT2D eigenvalue weighted by Gasteiger charge is -2.24. The maximum absolute atomic E-state index is 14.1. The molecule has 142 valence electrons. The zero-order valence-corrected chi connectivity index (χ0v) is 15.5. The molecular formula is C19H27F2N5. The minimum absolute atomic E-state index is 0.0458. The van der Waals surface area contributed by atoms with Crippen LogP contribution >= 0.6 is 0 Å². The highest BCUT2D eigenvalue weighted by molar-refractivity contribution is 5.79. The number of nitrogens with zero attached hydrogens (tertiary/aromatic N) is 3. The minimum atomic E-state index is -0.551. The molecule has 0 saturated heterocycles. The second kappa shape index (κ2) is 9.91. The van der Waals surface area contributed by atoms with Crippen LogP contribution in [0.1, 0.15) is 18.5 Å². The van der Waals surface area contributed by atoms with Crippen LogP contribution in [0.15, 0.2) is 47.7 Å². The first-order chi connectivity index (χ1) is 12.5. The van der Waals surface area contributed by atoms with Crippen LogP contribution in [0.4, 0.5) is 8.78 Å². The summed E-state index contributed by atoms with van der Waals surface area (Å²) in [6.45, 7) is 4.42. The Morgan fingerprint density at radius 1 is 1.12 bits per heavy atom. The standard InChI is InChI=1S/C19H27F2N5/c1-4-22-19(23-10-13-26-11-5-6-12-26)24-14-17(25(2)3)18-15(20)8-7-9-16(18)21/h5-9,11-12,17H,4,10,13-14H2,1-3H3,(H2,22,23,24). The molecule has 1 unspecified atom stereocenters. The van der Waals surface area contributed by atoms with Crippen molar-refractivity contribution in [2.75, 3.05) is 33.7 Å². The van der Waals surface area contributed by atoms with Crippen LogP contribution in [-0.2, 0) is 6.54 Å². The molecule has 0 aliphatic rings. The Balaban J connectivity index is 2.06. The molecule has 0 radical (unpaired) electrons. The Hall–Kier alpha value is -2.41. The number of hydrogen-bond acceptors (Lipinski definition) is 2. The molecule has 26 heavy (non-hydrogen) atoms. The van der Waals surface area contributed by atoms with Crippen LogP contribution in [0.5, 0.6) is 0 Å². The second-order valence-electron chi connectivity index (χ2n) is 6.18. The Kier molecular flexibility index (Phi) is 7.59. The second-order valence-corrected chi connectivity index (χ2v) is 6.18. The number of benzene rings is 1. The van der Waals surface area contributed by atoms with Crippen molar-refractivity contribution < 1.29 is 8.78 Å². The van der Waals surface area contributed by atoms with Crippen LogP contribution in [0.3, 0.4) is 0 Å². The van der Waals surface area contributed by atoms with Gasteiger partial charge in [-0.3, -0.25) is 4.99 Å². The Morgan fingerprint density at radius 3 is 2.35 bits per heavy atom. The lowest BCUT2D eigenvalue weighted by Crippen LogP contribution is -2.39. The maximum Gasteiger partial charge on any atom is 0.191 e. The van der Waals surface area contributed by atoms with Gasteiger partial charge in [0.1, 0.15) is 11.6 Å². The van der Waals surface area contributed by atoms with Crippen LogP contribution in [0.2, 0.25) is 0 Å². The van der Waals surface area contributed by atoms with Crippen molar-refractivity contribution in [2.45, 2.75) is 19.5 Å². The molecule has 0 spiro atoms. The summed E-state index contributed by atoms with van der Waals surface area (Å²) >= 11 is 0. The molecule has 2 N–H and O–H groups in total. The third kappa shape index (κ3) is 5.56. The van der Waals surface area contributed by atoms with Gasteiger partial charge in [0.05, 0.1) is 12.6 Å². The number of likely N-dealkylation sites (N-methyl/N-ethyl adjacent to an activating group) is 1. The molecule has 0 aliphatic heterocycles. The molecule has 1 aromatic heterocycles. The van der Waals surface area contributed by atoms with Crippen molar-refractivity contribution in [3.63, 3.8) is 0 Å². The summed E-state index contributed by atoms with van der Waals surface area (Å²) in [6.07, 6.45) is 3.99. The number of aliphatic imine (C=N–C) groups is 1. The molecule has 2 rings (SSSR count). The van der Waals surface area contributed by atoms with Gasteiger partial charge in [0.25, 0.3) is 0 Å².